The normalized spacial score (nSPS) is 18.9. The first-order chi connectivity index (χ1) is 13.5. The Kier molecular flexibility index (Phi) is 5.07. The van der Waals surface area contributed by atoms with Crippen LogP contribution in [0.15, 0.2) is 44.8 Å². The minimum absolute atomic E-state index is 0.0222. The zero-order valence-electron chi connectivity index (χ0n) is 15.2. The maximum Gasteiger partial charge on any atom is 0.270 e. The SMILES string of the molecule is Cc1ccccc1N1C(=O)/C(=C/c2cc(Br)c(N3CCCC3)o2)C(=O)NC1=S. The minimum Gasteiger partial charge on any atom is -0.440 e. The Morgan fingerprint density at radius 2 is 1.93 bits per heavy atom. The molecule has 1 aromatic carbocycles. The largest absolute Gasteiger partial charge is 0.440 e. The Bertz CT molecular complexity index is 1010. The van der Waals surface area contributed by atoms with Gasteiger partial charge in [0.1, 0.15) is 11.3 Å². The average Bonchev–Trinajstić information content (AvgIpc) is 3.29. The average molecular weight is 460 g/mol. The van der Waals surface area contributed by atoms with Gasteiger partial charge >= 0.3 is 0 Å². The lowest BCUT2D eigenvalue weighted by molar-refractivity contribution is -0.122. The van der Waals surface area contributed by atoms with E-state index in [9.17, 15) is 9.59 Å². The number of hydrogen-bond acceptors (Lipinski definition) is 5. The lowest BCUT2D eigenvalue weighted by Gasteiger charge is -2.29. The third-order valence-corrected chi connectivity index (χ3v) is 5.68. The van der Waals surface area contributed by atoms with E-state index >= 15 is 0 Å². The first-order valence-corrected chi connectivity index (χ1v) is 10.2. The van der Waals surface area contributed by atoms with Gasteiger partial charge in [-0.2, -0.15) is 0 Å². The van der Waals surface area contributed by atoms with Gasteiger partial charge in [0.25, 0.3) is 11.8 Å². The number of thiocarbonyl (C=S) groups is 1. The highest BCUT2D eigenvalue weighted by Gasteiger charge is 2.35. The maximum atomic E-state index is 13.1. The summed E-state index contributed by atoms with van der Waals surface area (Å²) in [6, 6.07) is 9.16. The van der Waals surface area contributed by atoms with Crippen molar-refractivity contribution in [3.8, 4) is 0 Å². The molecule has 1 N–H and O–H groups in total. The number of halogens is 1. The summed E-state index contributed by atoms with van der Waals surface area (Å²) in [4.78, 5) is 29.0. The van der Waals surface area contributed by atoms with E-state index in [1.165, 1.54) is 11.0 Å². The van der Waals surface area contributed by atoms with Crippen molar-refractivity contribution in [3.63, 3.8) is 0 Å². The summed E-state index contributed by atoms with van der Waals surface area (Å²) in [6.45, 7) is 3.74. The molecule has 3 heterocycles. The van der Waals surface area contributed by atoms with Crippen LogP contribution in [0.4, 0.5) is 11.6 Å². The molecule has 0 atom stereocenters. The van der Waals surface area contributed by atoms with E-state index in [2.05, 4.69) is 26.1 Å². The maximum absolute atomic E-state index is 13.1. The molecule has 0 unspecified atom stereocenters. The molecular formula is C20H18BrN3O3S. The van der Waals surface area contributed by atoms with Crippen LogP contribution in [0, 0.1) is 6.92 Å². The quantitative estimate of drug-likeness (QED) is 0.429. The highest BCUT2D eigenvalue weighted by atomic mass is 79.9. The van der Waals surface area contributed by atoms with Crippen molar-refractivity contribution in [1.29, 1.82) is 0 Å². The van der Waals surface area contributed by atoms with Crippen LogP contribution in [0.1, 0.15) is 24.2 Å². The number of nitrogens with one attached hydrogen (secondary N) is 1. The van der Waals surface area contributed by atoms with E-state index in [0.717, 1.165) is 41.9 Å². The van der Waals surface area contributed by atoms with E-state index in [1.54, 1.807) is 12.1 Å². The smallest absolute Gasteiger partial charge is 0.270 e. The number of anilines is 2. The second kappa shape index (κ2) is 7.52. The Labute approximate surface area is 176 Å². The van der Waals surface area contributed by atoms with Crippen LogP contribution in [0.5, 0.6) is 0 Å². The minimum atomic E-state index is -0.532. The zero-order valence-corrected chi connectivity index (χ0v) is 17.6. The predicted octanol–water partition coefficient (Wildman–Crippen LogP) is 3.78. The molecule has 1 aromatic heterocycles. The summed E-state index contributed by atoms with van der Waals surface area (Å²) in [5.41, 5.74) is 1.50. The number of carbonyl (C=O) groups excluding carboxylic acids is 2. The lowest BCUT2D eigenvalue weighted by atomic mass is 10.1. The fraction of sp³-hybridized carbons (Fsp3) is 0.250. The monoisotopic (exact) mass is 459 g/mol. The van der Waals surface area contributed by atoms with Crippen LogP contribution in [-0.2, 0) is 9.59 Å². The second-order valence-corrected chi connectivity index (χ2v) is 7.98. The molecule has 28 heavy (non-hydrogen) atoms. The summed E-state index contributed by atoms with van der Waals surface area (Å²) in [6.07, 6.45) is 3.70. The molecule has 6 nitrogen and oxygen atoms in total. The number of benzene rings is 1. The van der Waals surface area contributed by atoms with Gasteiger partial charge in [-0.3, -0.25) is 19.8 Å². The Morgan fingerprint density at radius 3 is 2.64 bits per heavy atom. The molecule has 0 spiro atoms. The van der Waals surface area contributed by atoms with Crippen molar-refractivity contribution in [2.75, 3.05) is 22.9 Å². The molecule has 2 amide bonds. The van der Waals surface area contributed by atoms with Gasteiger partial charge in [0.2, 0.25) is 5.88 Å². The van der Waals surface area contributed by atoms with Crippen LogP contribution < -0.4 is 15.1 Å². The summed E-state index contributed by atoms with van der Waals surface area (Å²) in [7, 11) is 0. The molecule has 2 aliphatic rings. The van der Waals surface area contributed by atoms with Crippen molar-refractivity contribution in [2.24, 2.45) is 0 Å². The van der Waals surface area contributed by atoms with Crippen LogP contribution >= 0.6 is 28.1 Å². The molecule has 2 aromatic rings. The number of para-hydroxylation sites is 1. The lowest BCUT2D eigenvalue weighted by Crippen LogP contribution is -2.54. The van der Waals surface area contributed by atoms with Crippen molar-refractivity contribution in [2.45, 2.75) is 19.8 Å². The van der Waals surface area contributed by atoms with Crippen LogP contribution in [0.25, 0.3) is 6.08 Å². The molecule has 2 fully saturated rings. The first-order valence-electron chi connectivity index (χ1n) is 8.97. The van der Waals surface area contributed by atoms with E-state index in [1.807, 2.05) is 25.1 Å². The van der Waals surface area contributed by atoms with Crippen LogP contribution in [0.3, 0.4) is 0 Å². The van der Waals surface area contributed by atoms with Gasteiger partial charge in [-0.15, -0.1) is 0 Å². The van der Waals surface area contributed by atoms with Crippen molar-refractivity contribution >= 4 is 62.7 Å². The van der Waals surface area contributed by atoms with Crippen molar-refractivity contribution in [1.82, 2.24) is 5.32 Å². The van der Waals surface area contributed by atoms with Crippen LogP contribution in [0.2, 0.25) is 0 Å². The number of hydrogen-bond donors (Lipinski definition) is 1. The van der Waals surface area contributed by atoms with Crippen LogP contribution in [-0.4, -0.2) is 30.0 Å². The van der Waals surface area contributed by atoms with E-state index in [4.69, 9.17) is 16.6 Å². The first kappa shape index (κ1) is 18.9. The van der Waals surface area contributed by atoms with Gasteiger partial charge in [0.15, 0.2) is 5.11 Å². The number of nitrogens with zero attached hydrogens (tertiary/aromatic N) is 2. The van der Waals surface area contributed by atoms with Crippen molar-refractivity contribution < 1.29 is 14.0 Å². The molecule has 2 saturated heterocycles. The van der Waals surface area contributed by atoms with Gasteiger partial charge in [0.05, 0.1) is 10.2 Å². The van der Waals surface area contributed by atoms with Gasteiger partial charge in [-0.25, -0.2) is 0 Å². The second-order valence-electron chi connectivity index (χ2n) is 6.74. The molecule has 4 rings (SSSR count). The summed E-state index contributed by atoms with van der Waals surface area (Å²) in [5.74, 6) is 0.150. The molecule has 8 heteroatoms. The number of amides is 2. The number of carbonyl (C=O) groups is 2. The molecule has 0 aliphatic carbocycles. The summed E-state index contributed by atoms with van der Waals surface area (Å²) < 4.78 is 6.71. The number of furan rings is 1. The molecule has 0 radical (unpaired) electrons. The van der Waals surface area contributed by atoms with Crippen molar-refractivity contribution in [3.05, 3.63) is 51.7 Å². The summed E-state index contributed by atoms with van der Waals surface area (Å²) >= 11 is 8.75. The topological polar surface area (TPSA) is 65.8 Å². The van der Waals surface area contributed by atoms with E-state index in [0.29, 0.717) is 11.4 Å². The third kappa shape index (κ3) is 3.38. The molecule has 0 saturated carbocycles. The van der Waals surface area contributed by atoms with Gasteiger partial charge < -0.3 is 9.32 Å². The number of rotatable bonds is 3. The van der Waals surface area contributed by atoms with Gasteiger partial charge in [0, 0.05) is 19.2 Å². The predicted molar refractivity (Wildman–Crippen MR) is 115 cm³/mol. The standard InChI is InChI=1S/C20H18BrN3O3S/c1-12-6-2-3-7-16(12)24-18(26)14(17(25)22-20(24)28)10-13-11-15(21)19(27-13)23-8-4-5-9-23/h2-3,6-7,10-11H,4-5,8-9H2,1H3,(H,22,25,28)/b14-10+. The zero-order chi connectivity index (χ0) is 19.8. The third-order valence-electron chi connectivity index (χ3n) is 4.83. The Morgan fingerprint density at radius 1 is 1.21 bits per heavy atom. The molecule has 144 valence electrons. The Balaban J connectivity index is 1.69. The molecule has 2 aliphatic heterocycles. The fourth-order valence-corrected chi connectivity index (χ4v) is 4.25. The number of aryl methyl sites for hydroxylation is 1. The molecular weight excluding hydrogens is 442 g/mol. The fourth-order valence-electron chi connectivity index (χ4n) is 3.42. The Hall–Kier alpha value is -2.45. The van der Waals surface area contributed by atoms with Gasteiger partial charge in [-0.1, -0.05) is 18.2 Å². The highest BCUT2D eigenvalue weighted by molar-refractivity contribution is 9.10. The highest BCUT2D eigenvalue weighted by Crippen LogP contribution is 2.34. The van der Waals surface area contributed by atoms with E-state index in [-0.39, 0.29) is 10.7 Å². The van der Waals surface area contributed by atoms with E-state index < -0.39 is 11.8 Å². The summed E-state index contributed by atoms with van der Waals surface area (Å²) in [5, 5.41) is 2.67. The van der Waals surface area contributed by atoms with Gasteiger partial charge in [-0.05, 0) is 65.6 Å². The molecule has 0 bridgehead atoms.